The van der Waals surface area contributed by atoms with Crippen molar-refractivity contribution in [3.05, 3.63) is 62.6 Å². The number of anilines is 1. The van der Waals surface area contributed by atoms with Gasteiger partial charge in [-0.05, 0) is 30.3 Å². The van der Waals surface area contributed by atoms with Gasteiger partial charge in [-0.1, -0.05) is 40.9 Å². The van der Waals surface area contributed by atoms with E-state index in [0.29, 0.717) is 16.3 Å². The van der Waals surface area contributed by atoms with Crippen molar-refractivity contribution in [3.63, 3.8) is 0 Å². The minimum Gasteiger partial charge on any atom is -0.321 e. The molecule has 1 N–H and O–H groups in total. The van der Waals surface area contributed by atoms with Gasteiger partial charge in [0.25, 0.3) is 5.91 Å². The van der Waals surface area contributed by atoms with Crippen molar-refractivity contribution in [1.29, 1.82) is 5.26 Å². The molecule has 2 rings (SSSR count). The number of nitrogens with zero attached hydrogens (tertiary/aromatic N) is 1. The second-order valence-electron chi connectivity index (χ2n) is 3.86. The summed E-state index contributed by atoms with van der Waals surface area (Å²) >= 11 is 17.8. The minimum atomic E-state index is -0.450. The molecule has 0 bridgehead atoms. The molecule has 0 atom stereocenters. The summed E-state index contributed by atoms with van der Waals surface area (Å²) in [5, 5.41) is 12.2. The van der Waals surface area contributed by atoms with Crippen LogP contribution in [-0.4, -0.2) is 5.91 Å². The number of rotatable bonds is 2. The second kappa shape index (κ2) is 6.15. The summed E-state index contributed by atoms with van der Waals surface area (Å²) in [4.78, 5) is 12.1. The molecule has 3 nitrogen and oxygen atoms in total. The van der Waals surface area contributed by atoms with Gasteiger partial charge in [0.15, 0.2) is 0 Å². The fraction of sp³-hybridized carbons (Fsp3) is 0. The summed E-state index contributed by atoms with van der Waals surface area (Å²) in [6.07, 6.45) is 0. The van der Waals surface area contributed by atoms with Crippen LogP contribution in [0, 0.1) is 11.3 Å². The van der Waals surface area contributed by atoms with Crippen molar-refractivity contribution >= 4 is 46.4 Å². The van der Waals surface area contributed by atoms with Gasteiger partial charge >= 0.3 is 0 Å². The van der Waals surface area contributed by atoms with Crippen molar-refractivity contribution in [2.75, 3.05) is 5.32 Å². The first kappa shape index (κ1) is 14.7. The molecule has 0 saturated heterocycles. The standard InChI is InChI=1S/C14H7Cl3N2O/c15-10-5-4-8(7-18)6-12(10)19-14(20)9-2-1-3-11(16)13(9)17/h1-6H,(H,19,20). The summed E-state index contributed by atoms with van der Waals surface area (Å²) in [6, 6.07) is 11.3. The fourth-order valence-corrected chi connectivity index (χ4v) is 2.11. The Kier molecular flexibility index (Phi) is 4.51. The van der Waals surface area contributed by atoms with E-state index in [4.69, 9.17) is 40.1 Å². The van der Waals surface area contributed by atoms with Gasteiger partial charge in [-0.25, -0.2) is 0 Å². The number of halogens is 3. The molecule has 0 saturated carbocycles. The highest BCUT2D eigenvalue weighted by Crippen LogP contribution is 2.28. The average Bonchev–Trinajstić information content (AvgIpc) is 2.44. The number of nitrogens with one attached hydrogen (secondary N) is 1. The third-order valence-electron chi connectivity index (χ3n) is 2.54. The van der Waals surface area contributed by atoms with E-state index < -0.39 is 5.91 Å². The van der Waals surface area contributed by atoms with Crippen LogP contribution in [0.15, 0.2) is 36.4 Å². The number of amides is 1. The Morgan fingerprint density at radius 2 is 1.85 bits per heavy atom. The van der Waals surface area contributed by atoms with Gasteiger partial charge in [0, 0.05) is 0 Å². The summed E-state index contributed by atoms with van der Waals surface area (Å²) in [6.45, 7) is 0. The number of nitriles is 1. The Hall–Kier alpha value is -1.73. The Labute approximate surface area is 130 Å². The molecule has 0 radical (unpaired) electrons. The molecule has 0 aliphatic rings. The third-order valence-corrected chi connectivity index (χ3v) is 3.69. The monoisotopic (exact) mass is 324 g/mol. The van der Waals surface area contributed by atoms with Crippen LogP contribution < -0.4 is 5.32 Å². The lowest BCUT2D eigenvalue weighted by molar-refractivity contribution is 0.102. The molecule has 6 heteroatoms. The number of hydrogen-bond donors (Lipinski definition) is 1. The lowest BCUT2D eigenvalue weighted by Crippen LogP contribution is -2.13. The normalized spacial score (nSPS) is 9.90. The van der Waals surface area contributed by atoms with E-state index in [0.717, 1.165) is 0 Å². The Balaban J connectivity index is 2.33. The van der Waals surface area contributed by atoms with Crippen LogP contribution in [0.3, 0.4) is 0 Å². The molecule has 0 fully saturated rings. The van der Waals surface area contributed by atoms with Crippen molar-refractivity contribution in [2.45, 2.75) is 0 Å². The lowest BCUT2D eigenvalue weighted by Gasteiger charge is -2.09. The zero-order valence-electron chi connectivity index (χ0n) is 9.95. The summed E-state index contributed by atoms with van der Waals surface area (Å²) < 4.78 is 0. The SMILES string of the molecule is N#Cc1ccc(Cl)c(NC(=O)c2cccc(Cl)c2Cl)c1. The van der Waals surface area contributed by atoms with E-state index in [1.165, 1.54) is 12.1 Å². The maximum atomic E-state index is 12.1. The van der Waals surface area contributed by atoms with Crippen LogP contribution in [0.1, 0.15) is 15.9 Å². The first-order chi connectivity index (χ1) is 9.52. The van der Waals surface area contributed by atoms with Crippen molar-refractivity contribution < 1.29 is 4.79 Å². The van der Waals surface area contributed by atoms with Crippen LogP contribution in [0.5, 0.6) is 0 Å². The molecule has 0 aliphatic carbocycles. The van der Waals surface area contributed by atoms with Crippen LogP contribution in [-0.2, 0) is 0 Å². The van der Waals surface area contributed by atoms with Gasteiger partial charge in [-0.2, -0.15) is 5.26 Å². The molecule has 0 aliphatic heterocycles. The Bertz CT molecular complexity index is 723. The summed E-state index contributed by atoms with van der Waals surface area (Å²) in [7, 11) is 0. The molecule has 2 aromatic carbocycles. The molecular weight excluding hydrogens is 319 g/mol. The van der Waals surface area contributed by atoms with Crippen molar-refractivity contribution in [1.82, 2.24) is 0 Å². The molecule has 0 unspecified atom stereocenters. The minimum absolute atomic E-state index is 0.166. The fourth-order valence-electron chi connectivity index (χ4n) is 1.56. The van der Waals surface area contributed by atoms with Gasteiger partial charge in [-0.3, -0.25) is 4.79 Å². The molecule has 0 aromatic heterocycles. The predicted molar refractivity (Wildman–Crippen MR) is 80.6 cm³/mol. The van der Waals surface area contributed by atoms with Crippen LogP contribution in [0.25, 0.3) is 0 Å². The highest BCUT2D eigenvalue weighted by atomic mass is 35.5. The first-order valence-electron chi connectivity index (χ1n) is 5.48. The smallest absolute Gasteiger partial charge is 0.257 e. The Morgan fingerprint density at radius 1 is 1.10 bits per heavy atom. The molecule has 100 valence electrons. The van der Waals surface area contributed by atoms with Gasteiger partial charge in [0.05, 0.1) is 38.0 Å². The largest absolute Gasteiger partial charge is 0.321 e. The number of carbonyl (C=O) groups excluding carboxylic acids is 1. The van der Waals surface area contributed by atoms with Crippen LogP contribution >= 0.6 is 34.8 Å². The zero-order valence-corrected chi connectivity index (χ0v) is 12.2. The second-order valence-corrected chi connectivity index (χ2v) is 5.05. The van der Waals surface area contributed by atoms with Crippen LogP contribution in [0.4, 0.5) is 5.69 Å². The highest BCUT2D eigenvalue weighted by molar-refractivity contribution is 6.44. The molecule has 2 aromatic rings. The lowest BCUT2D eigenvalue weighted by atomic mass is 10.2. The number of benzene rings is 2. The zero-order chi connectivity index (χ0) is 14.7. The third kappa shape index (κ3) is 3.05. The number of carbonyl (C=O) groups is 1. The van der Waals surface area contributed by atoms with Gasteiger partial charge < -0.3 is 5.32 Å². The quantitative estimate of drug-likeness (QED) is 0.864. The van der Waals surface area contributed by atoms with Crippen molar-refractivity contribution in [2.24, 2.45) is 0 Å². The van der Waals surface area contributed by atoms with Crippen molar-refractivity contribution in [3.8, 4) is 6.07 Å². The van der Waals surface area contributed by atoms with E-state index in [1.807, 2.05) is 6.07 Å². The van der Waals surface area contributed by atoms with E-state index >= 15 is 0 Å². The maximum Gasteiger partial charge on any atom is 0.257 e. The van der Waals surface area contributed by atoms with Gasteiger partial charge in [0.1, 0.15) is 0 Å². The predicted octanol–water partition coefficient (Wildman–Crippen LogP) is 4.77. The van der Waals surface area contributed by atoms with Gasteiger partial charge in [0.2, 0.25) is 0 Å². The summed E-state index contributed by atoms with van der Waals surface area (Å²) in [5.41, 5.74) is 0.964. The summed E-state index contributed by atoms with van der Waals surface area (Å²) in [5.74, 6) is -0.450. The molecular formula is C14H7Cl3N2O. The van der Waals surface area contributed by atoms with Gasteiger partial charge in [-0.15, -0.1) is 0 Å². The molecule has 0 heterocycles. The van der Waals surface area contributed by atoms with E-state index in [-0.39, 0.29) is 15.6 Å². The molecule has 1 amide bonds. The molecule has 0 spiro atoms. The highest BCUT2D eigenvalue weighted by Gasteiger charge is 2.14. The Morgan fingerprint density at radius 3 is 2.55 bits per heavy atom. The van der Waals surface area contributed by atoms with E-state index in [2.05, 4.69) is 5.32 Å². The maximum absolute atomic E-state index is 12.1. The van der Waals surface area contributed by atoms with Crippen LogP contribution in [0.2, 0.25) is 15.1 Å². The average molecular weight is 326 g/mol. The van der Waals surface area contributed by atoms with E-state index in [9.17, 15) is 4.79 Å². The topological polar surface area (TPSA) is 52.9 Å². The van der Waals surface area contributed by atoms with E-state index in [1.54, 1.807) is 24.3 Å². The first-order valence-corrected chi connectivity index (χ1v) is 6.61. The molecule has 20 heavy (non-hydrogen) atoms. The number of hydrogen-bond acceptors (Lipinski definition) is 2.